The van der Waals surface area contributed by atoms with Crippen molar-refractivity contribution in [2.75, 3.05) is 18.5 Å². The molecule has 8 nitrogen and oxygen atoms in total. The van der Waals surface area contributed by atoms with Crippen LogP contribution in [-0.2, 0) is 23.9 Å². The highest BCUT2D eigenvalue weighted by atomic mass is 32.1. The maximum Gasteiger partial charge on any atom is 0.256 e. The number of hydrogen-bond acceptors (Lipinski definition) is 7. The molecule has 0 saturated carbocycles. The number of rotatable bonds is 5. The van der Waals surface area contributed by atoms with Gasteiger partial charge in [0.1, 0.15) is 17.2 Å². The summed E-state index contributed by atoms with van der Waals surface area (Å²) in [5.41, 5.74) is 2.59. The van der Waals surface area contributed by atoms with E-state index in [-0.39, 0.29) is 11.7 Å². The normalized spacial score (nSPS) is 16.1. The van der Waals surface area contributed by atoms with Gasteiger partial charge in [-0.1, -0.05) is 12.1 Å². The van der Waals surface area contributed by atoms with Crippen molar-refractivity contribution in [3.8, 4) is 10.6 Å². The Morgan fingerprint density at radius 3 is 2.79 bits per heavy atom. The number of nitrogens with one attached hydrogen (secondary N) is 1. The molecule has 6 rings (SSSR count). The molecule has 0 bridgehead atoms. The van der Waals surface area contributed by atoms with Gasteiger partial charge in [-0.3, -0.25) is 9.48 Å². The zero-order chi connectivity index (χ0) is 23.4. The molecule has 1 saturated heterocycles. The van der Waals surface area contributed by atoms with E-state index in [4.69, 9.17) is 9.72 Å². The van der Waals surface area contributed by atoms with E-state index in [1.54, 1.807) is 34.5 Å². The van der Waals surface area contributed by atoms with Gasteiger partial charge in [0.15, 0.2) is 0 Å². The minimum atomic E-state index is -0.519. The van der Waals surface area contributed by atoms with Gasteiger partial charge in [0.2, 0.25) is 5.95 Å². The van der Waals surface area contributed by atoms with E-state index in [9.17, 15) is 9.18 Å². The molecule has 0 aliphatic carbocycles. The predicted molar refractivity (Wildman–Crippen MR) is 125 cm³/mol. The summed E-state index contributed by atoms with van der Waals surface area (Å²) in [5, 5.41) is 7.32. The number of carbonyl (C=O) groups excluding carboxylic acids is 1. The van der Waals surface area contributed by atoms with Crippen LogP contribution in [-0.4, -0.2) is 43.8 Å². The van der Waals surface area contributed by atoms with Crippen LogP contribution >= 0.6 is 11.3 Å². The number of amides is 1. The van der Waals surface area contributed by atoms with Gasteiger partial charge in [-0.2, -0.15) is 5.10 Å². The quantitative estimate of drug-likeness (QED) is 0.469. The van der Waals surface area contributed by atoms with E-state index in [1.807, 2.05) is 37.1 Å². The highest BCUT2D eigenvalue weighted by Gasteiger charge is 2.57. The lowest BCUT2D eigenvalue weighted by molar-refractivity contribution is -0.126. The number of aryl methyl sites for hydroxylation is 1. The molecule has 4 aromatic rings. The third-order valence-electron chi connectivity index (χ3n) is 6.41. The Kier molecular flexibility index (Phi) is 4.75. The smallest absolute Gasteiger partial charge is 0.256 e. The summed E-state index contributed by atoms with van der Waals surface area (Å²) in [6.45, 7) is 3.15. The van der Waals surface area contributed by atoms with Crippen LogP contribution in [0.4, 0.5) is 16.2 Å². The lowest BCUT2D eigenvalue weighted by atomic mass is 9.94. The SMILES string of the molecule is Cc1c(-c2ccnc(Nc3ccnn3C)n2)sc2c1C(=O)N(Cc1cccc(F)c1)C21COC1. The molecule has 1 fully saturated rings. The van der Waals surface area contributed by atoms with Crippen LogP contribution in [0.1, 0.15) is 26.4 Å². The molecule has 3 aromatic heterocycles. The van der Waals surface area contributed by atoms with Crippen molar-refractivity contribution < 1.29 is 13.9 Å². The van der Waals surface area contributed by atoms with E-state index in [0.717, 1.165) is 32.4 Å². The average Bonchev–Trinajstić information content (AvgIpc) is 3.42. The van der Waals surface area contributed by atoms with Gasteiger partial charge in [0, 0.05) is 30.7 Å². The van der Waals surface area contributed by atoms with Crippen LogP contribution in [0, 0.1) is 12.7 Å². The van der Waals surface area contributed by atoms with Gasteiger partial charge < -0.3 is 15.0 Å². The second-order valence-electron chi connectivity index (χ2n) is 8.54. The fourth-order valence-electron chi connectivity index (χ4n) is 4.57. The van der Waals surface area contributed by atoms with Crippen LogP contribution in [0.25, 0.3) is 10.6 Å². The zero-order valence-corrected chi connectivity index (χ0v) is 19.4. The molecule has 34 heavy (non-hydrogen) atoms. The molecule has 0 radical (unpaired) electrons. The third-order valence-corrected chi connectivity index (χ3v) is 7.91. The summed E-state index contributed by atoms with van der Waals surface area (Å²) in [5.74, 6) is 0.867. The van der Waals surface area contributed by atoms with Crippen LogP contribution in [0.3, 0.4) is 0 Å². The molecule has 5 heterocycles. The van der Waals surface area contributed by atoms with Gasteiger partial charge in [-0.25, -0.2) is 14.4 Å². The largest absolute Gasteiger partial charge is 0.376 e. The number of halogens is 1. The van der Waals surface area contributed by atoms with E-state index < -0.39 is 5.54 Å². The van der Waals surface area contributed by atoms with Crippen LogP contribution in [0.5, 0.6) is 0 Å². The Bertz CT molecular complexity index is 1430. The average molecular weight is 477 g/mol. The first-order valence-electron chi connectivity index (χ1n) is 10.8. The number of aromatic nitrogens is 4. The van der Waals surface area contributed by atoms with Crippen molar-refractivity contribution in [3.05, 3.63) is 76.2 Å². The van der Waals surface area contributed by atoms with Crippen LogP contribution < -0.4 is 5.32 Å². The second kappa shape index (κ2) is 7.71. The summed E-state index contributed by atoms with van der Waals surface area (Å²) < 4.78 is 21.1. The van der Waals surface area contributed by atoms with Crippen molar-refractivity contribution in [3.63, 3.8) is 0 Å². The standard InChI is InChI=1S/C24H21FN6O2S/c1-14-19-21(24(12-33-13-24)31(22(19)32)11-15-4-3-5-16(25)10-15)34-20(14)17-6-8-26-23(28-17)29-18-7-9-27-30(18)2/h3-10H,11-13H2,1-2H3,(H,26,28,29). The van der Waals surface area contributed by atoms with Gasteiger partial charge in [-0.15, -0.1) is 11.3 Å². The molecule has 1 amide bonds. The number of carbonyl (C=O) groups is 1. The Morgan fingerprint density at radius 2 is 2.09 bits per heavy atom. The van der Waals surface area contributed by atoms with E-state index >= 15 is 0 Å². The lowest BCUT2D eigenvalue weighted by Gasteiger charge is -2.45. The first-order chi connectivity index (χ1) is 16.5. The Labute approximate surface area is 199 Å². The number of nitrogens with zero attached hydrogens (tertiary/aromatic N) is 5. The maximum atomic E-state index is 13.8. The number of thiophene rings is 1. The summed E-state index contributed by atoms with van der Waals surface area (Å²) in [6, 6.07) is 10.1. The summed E-state index contributed by atoms with van der Waals surface area (Å²) >= 11 is 1.57. The van der Waals surface area contributed by atoms with Gasteiger partial charge >= 0.3 is 0 Å². The minimum Gasteiger partial charge on any atom is -0.376 e. The molecule has 1 N–H and O–H groups in total. The van der Waals surface area contributed by atoms with Crippen molar-refractivity contribution in [1.29, 1.82) is 0 Å². The number of benzene rings is 1. The van der Waals surface area contributed by atoms with Gasteiger partial charge in [-0.05, 0) is 36.2 Å². The molecular formula is C24H21FN6O2S. The van der Waals surface area contributed by atoms with Gasteiger partial charge in [0.25, 0.3) is 5.91 Å². The molecule has 172 valence electrons. The van der Waals surface area contributed by atoms with Crippen molar-refractivity contribution in [2.45, 2.75) is 19.0 Å². The number of fused-ring (bicyclic) bond motifs is 2. The fraction of sp³-hybridized carbons (Fsp3) is 0.250. The highest BCUT2D eigenvalue weighted by Crippen LogP contribution is 2.52. The monoisotopic (exact) mass is 476 g/mol. The predicted octanol–water partition coefficient (Wildman–Crippen LogP) is 4.01. The van der Waals surface area contributed by atoms with E-state index in [2.05, 4.69) is 15.4 Å². The molecular weight excluding hydrogens is 455 g/mol. The van der Waals surface area contributed by atoms with Crippen molar-refractivity contribution in [2.24, 2.45) is 7.05 Å². The van der Waals surface area contributed by atoms with Gasteiger partial charge in [0.05, 0.1) is 35.5 Å². The molecule has 0 atom stereocenters. The van der Waals surface area contributed by atoms with Crippen LogP contribution in [0.2, 0.25) is 0 Å². The Hall–Kier alpha value is -3.63. The van der Waals surface area contributed by atoms with E-state index in [1.165, 1.54) is 12.1 Å². The lowest BCUT2D eigenvalue weighted by Crippen LogP contribution is -2.56. The first-order valence-corrected chi connectivity index (χ1v) is 11.6. The number of hydrogen-bond donors (Lipinski definition) is 1. The molecule has 1 aromatic carbocycles. The molecule has 2 aliphatic rings. The first kappa shape index (κ1) is 20.9. The van der Waals surface area contributed by atoms with E-state index in [0.29, 0.717) is 31.3 Å². The molecule has 1 spiro atoms. The van der Waals surface area contributed by atoms with Crippen LogP contribution in [0.15, 0.2) is 48.8 Å². The minimum absolute atomic E-state index is 0.0511. The fourth-order valence-corrected chi connectivity index (χ4v) is 6.01. The van der Waals surface area contributed by atoms with Crippen molar-refractivity contribution in [1.82, 2.24) is 24.6 Å². The number of ether oxygens (including phenoxy) is 1. The third kappa shape index (κ3) is 3.13. The van der Waals surface area contributed by atoms with Crippen molar-refractivity contribution >= 4 is 29.0 Å². The molecule has 0 unspecified atom stereocenters. The summed E-state index contributed by atoms with van der Waals surface area (Å²) in [4.78, 5) is 26.4. The summed E-state index contributed by atoms with van der Waals surface area (Å²) in [7, 11) is 1.83. The molecule has 2 aliphatic heterocycles. The Morgan fingerprint density at radius 1 is 1.24 bits per heavy atom. The second-order valence-corrected chi connectivity index (χ2v) is 9.56. The summed E-state index contributed by atoms with van der Waals surface area (Å²) in [6.07, 6.45) is 3.40. The Balaban J connectivity index is 1.36. The topological polar surface area (TPSA) is 85.2 Å². The number of anilines is 2. The maximum absolute atomic E-state index is 13.8. The highest BCUT2D eigenvalue weighted by molar-refractivity contribution is 7.16. The molecule has 10 heteroatoms. The zero-order valence-electron chi connectivity index (χ0n) is 18.6.